The van der Waals surface area contributed by atoms with Crippen molar-refractivity contribution in [3.8, 4) is 0 Å². The Hall–Kier alpha value is -2.20. The van der Waals surface area contributed by atoms with Crippen LogP contribution in [-0.4, -0.2) is 40.3 Å². The summed E-state index contributed by atoms with van der Waals surface area (Å²) >= 11 is 4.45. The molecule has 1 unspecified atom stereocenters. The van der Waals surface area contributed by atoms with Crippen LogP contribution in [0.1, 0.15) is 70.7 Å². The minimum absolute atomic E-state index is 0.159. The van der Waals surface area contributed by atoms with Crippen LogP contribution in [0, 0.1) is 20.8 Å². The van der Waals surface area contributed by atoms with Crippen molar-refractivity contribution in [3.63, 3.8) is 0 Å². The Morgan fingerprint density at radius 1 is 1.17 bits per heavy atom. The molecule has 10 heteroatoms. The Labute approximate surface area is 188 Å². The average Bonchev–Trinajstić information content (AvgIpc) is 3.11. The average molecular weight is 500 g/mol. The van der Waals surface area contributed by atoms with E-state index in [0.717, 1.165) is 27.2 Å². The first-order valence-corrected chi connectivity index (χ1v) is 11.1. The maximum atomic E-state index is 12.9. The summed E-state index contributed by atoms with van der Waals surface area (Å²) in [4.78, 5) is 38.2. The van der Waals surface area contributed by atoms with Gasteiger partial charge in [0.2, 0.25) is 5.91 Å². The van der Waals surface area contributed by atoms with Crippen LogP contribution in [0.2, 0.25) is 0 Å². The van der Waals surface area contributed by atoms with Gasteiger partial charge in [-0.3, -0.25) is 9.48 Å². The molecule has 2 heterocycles. The van der Waals surface area contributed by atoms with Gasteiger partial charge in [-0.25, -0.2) is 9.59 Å². The number of esters is 2. The standard InChI is InChI=1S/C20H26BrN3O5S/c1-8-28-20(27)16-10(4)14(19(26)29-9(2)3)18(30-16)22-17(25)13(7)24-12(6)15(21)11(5)23-24/h9,13H,8H2,1-7H3,(H,22,25). The highest BCUT2D eigenvalue weighted by molar-refractivity contribution is 9.10. The molecule has 0 fully saturated rings. The number of nitrogens with zero attached hydrogens (tertiary/aromatic N) is 2. The SMILES string of the molecule is CCOC(=O)c1sc(NC(=O)C(C)n2nc(C)c(Br)c2C)c(C(=O)OC(C)C)c1C. The zero-order chi connectivity index (χ0) is 22.7. The number of amides is 1. The third kappa shape index (κ3) is 4.92. The van der Waals surface area contributed by atoms with Gasteiger partial charge >= 0.3 is 11.9 Å². The van der Waals surface area contributed by atoms with E-state index in [-0.39, 0.29) is 34.1 Å². The monoisotopic (exact) mass is 499 g/mol. The lowest BCUT2D eigenvalue weighted by Gasteiger charge is -2.15. The van der Waals surface area contributed by atoms with E-state index < -0.39 is 18.0 Å². The van der Waals surface area contributed by atoms with Crippen LogP contribution < -0.4 is 5.32 Å². The fourth-order valence-electron chi connectivity index (χ4n) is 2.86. The summed E-state index contributed by atoms with van der Waals surface area (Å²) < 4.78 is 12.8. The highest BCUT2D eigenvalue weighted by atomic mass is 79.9. The summed E-state index contributed by atoms with van der Waals surface area (Å²) in [5.41, 5.74) is 2.15. The van der Waals surface area contributed by atoms with Crippen LogP contribution in [0.25, 0.3) is 0 Å². The second kappa shape index (κ2) is 9.74. The fraction of sp³-hybridized carbons (Fsp3) is 0.500. The van der Waals surface area contributed by atoms with Crippen LogP contribution >= 0.6 is 27.3 Å². The normalized spacial score (nSPS) is 12.0. The van der Waals surface area contributed by atoms with E-state index in [4.69, 9.17) is 9.47 Å². The molecule has 0 aromatic carbocycles. The number of aryl methyl sites for hydroxylation is 1. The number of rotatable bonds is 7. The van der Waals surface area contributed by atoms with Crippen LogP contribution in [0.5, 0.6) is 0 Å². The van der Waals surface area contributed by atoms with E-state index in [1.807, 2.05) is 13.8 Å². The lowest BCUT2D eigenvalue weighted by atomic mass is 10.1. The summed E-state index contributed by atoms with van der Waals surface area (Å²) in [6.07, 6.45) is -0.350. The lowest BCUT2D eigenvalue weighted by Crippen LogP contribution is -2.26. The first-order valence-electron chi connectivity index (χ1n) is 9.53. The Kier molecular flexibility index (Phi) is 7.81. The summed E-state index contributed by atoms with van der Waals surface area (Å²) in [6.45, 7) is 12.4. The second-order valence-electron chi connectivity index (χ2n) is 7.03. The van der Waals surface area contributed by atoms with E-state index in [1.165, 1.54) is 0 Å². The first kappa shape index (κ1) is 24.1. The van der Waals surface area contributed by atoms with Gasteiger partial charge in [0.15, 0.2) is 0 Å². The minimum atomic E-state index is -0.641. The number of thiophene rings is 1. The van der Waals surface area contributed by atoms with Crippen molar-refractivity contribution in [2.75, 3.05) is 11.9 Å². The molecular formula is C20H26BrN3O5S. The maximum absolute atomic E-state index is 12.9. The Bertz CT molecular complexity index is 980. The van der Waals surface area contributed by atoms with Crippen molar-refractivity contribution in [3.05, 3.63) is 31.9 Å². The van der Waals surface area contributed by atoms with Crippen LogP contribution in [-0.2, 0) is 14.3 Å². The second-order valence-corrected chi connectivity index (χ2v) is 8.84. The summed E-state index contributed by atoms with van der Waals surface area (Å²) in [6, 6.07) is -0.641. The van der Waals surface area contributed by atoms with Crippen molar-refractivity contribution in [2.24, 2.45) is 0 Å². The van der Waals surface area contributed by atoms with Gasteiger partial charge in [-0.15, -0.1) is 11.3 Å². The molecule has 0 saturated carbocycles. The first-order chi connectivity index (χ1) is 14.0. The van der Waals surface area contributed by atoms with E-state index in [1.54, 1.807) is 39.3 Å². The number of hydrogen-bond donors (Lipinski definition) is 1. The van der Waals surface area contributed by atoms with Crippen molar-refractivity contribution in [1.82, 2.24) is 9.78 Å². The highest BCUT2D eigenvalue weighted by Crippen LogP contribution is 2.35. The van der Waals surface area contributed by atoms with Crippen LogP contribution in [0.3, 0.4) is 0 Å². The van der Waals surface area contributed by atoms with E-state index >= 15 is 0 Å². The number of carbonyl (C=O) groups is 3. The third-order valence-electron chi connectivity index (χ3n) is 4.37. The number of anilines is 1. The maximum Gasteiger partial charge on any atom is 0.348 e. The zero-order valence-electron chi connectivity index (χ0n) is 18.1. The van der Waals surface area contributed by atoms with Crippen molar-refractivity contribution in [1.29, 1.82) is 0 Å². The van der Waals surface area contributed by atoms with Gasteiger partial charge in [0.05, 0.1) is 34.1 Å². The van der Waals surface area contributed by atoms with Crippen molar-refractivity contribution >= 4 is 50.1 Å². The number of ether oxygens (including phenoxy) is 2. The Balaban J connectivity index is 2.42. The molecule has 2 rings (SSSR count). The van der Waals surface area contributed by atoms with Gasteiger partial charge in [-0.2, -0.15) is 5.10 Å². The van der Waals surface area contributed by atoms with E-state index in [9.17, 15) is 14.4 Å². The molecule has 0 spiro atoms. The van der Waals surface area contributed by atoms with Gasteiger partial charge in [0, 0.05) is 0 Å². The van der Waals surface area contributed by atoms with Crippen molar-refractivity contribution < 1.29 is 23.9 Å². The zero-order valence-corrected chi connectivity index (χ0v) is 20.5. The molecule has 30 heavy (non-hydrogen) atoms. The Morgan fingerprint density at radius 3 is 2.30 bits per heavy atom. The molecule has 0 saturated heterocycles. The van der Waals surface area contributed by atoms with Crippen molar-refractivity contribution in [2.45, 2.75) is 60.6 Å². The molecule has 8 nitrogen and oxygen atoms in total. The number of hydrogen-bond acceptors (Lipinski definition) is 7. The molecule has 0 aliphatic rings. The molecular weight excluding hydrogens is 474 g/mol. The third-order valence-corrected chi connectivity index (χ3v) is 6.71. The highest BCUT2D eigenvalue weighted by Gasteiger charge is 2.29. The molecule has 1 N–H and O–H groups in total. The number of carbonyl (C=O) groups excluding carboxylic acids is 3. The predicted octanol–water partition coefficient (Wildman–Crippen LogP) is 4.57. The van der Waals surface area contributed by atoms with Crippen LogP contribution in [0.15, 0.2) is 4.47 Å². The topological polar surface area (TPSA) is 99.5 Å². The quantitative estimate of drug-likeness (QED) is 0.559. The van der Waals surface area contributed by atoms with Gasteiger partial charge in [0.1, 0.15) is 15.9 Å². The molecule has 0 radical (unpaired) electrons. The number of halogens is 1. The molecule has 1 amide bonds. The molecule has 0 aliphatic carbocycles. The Morgan fingerprint density at radius 2 is 1.80 bits per heavy atom. The van der Waals surface area contributed by atoms with Gasteiger partial charge in [0.25, 0.3) is 0 Å². The summed E-state index contributed by atoms with van der Waals surface area (Å²) in [5, 5.41) is 7.41. The molecule has 1 atom stereocenters. The fourth-order valence-corrected chi connectivity index (χ4v) is 4.21. The number of aromatic nitrogens is 2. The molecule has 164 valence electrons. The van der Waals surface area contributed by atoms with E-state index in [0.29, 0.717) is 5.56 Å². The summed E-state index contributed by atoms with van der Waals surface area (Å²) in [7, 11) is 0. The predicted molar refractivity (Wildman–Crippen MR) is 118 cm³/mol. The largest absolute Gasteiger partial charge is 0.462 e. The molecule has 0 bridgehead atoms. The lowest BCUT2D eigenvalue weighted by molar-refractivity contribution is -0.119. The summed E-state index contributed by atoms with van der Waals surface area (Å²) in [5.74, 6) is -1.52. The van der Waals surface area contributed by atoms with Gasteiger partial charge in [-0.05, 0) is 70.0 Å². The smallest absolute Gasteiger partial charge is 0.348 e. The molecule has 2 aromatic heterocycles. The molecule has 2 aromatic rings. The molecule has 0 aliphatic heterocycles. The van der Waals surface area contributed by atoms with Gasteiger partial charge < -0.3 is 14.8 Å². The van der Waals surface area contributed by atoms with Gasteiger partial charge in [-0.1, -0.05) is 0 Å². The van der Waals surface area contributed by atoms with Crippen LogP contribution in [0.4, 0.5) is 5.00 Å². The van der Waals surface area contributed by atoms with E-state index in [2.05, 4.69) is 26.3 Å². The minimum Gasteiger partial charge on any atom is -0.462 e. The number of nitrogens with one attached hydrogen (secondary N) is 1.